The van der Waals surface area contributed by atoms with Crippen molar-refractivity contribution in [3.8, 4) is 17.2 Å². The van der Waals surface area contributed by atoms with Gasteiger partial charge in [-0.3, -0.25) is 4.79 Å². The molecule has 0 bridgehead atoms. The SMILES string of the molecule is CCOc1ccc(-c2nnc(S[C@H](C)C(=O)Nc3ccc(F)cc3Cl)o2)cc1. The van der Waals surface area contributed by atoms with Gasteiger partial charge in [0.2, 0.25) is 11.8 Å². The van der Waals surface area contributed by atoms with E-state index >= 15 is 0 Å². The van der Waals surface area contributed by atoms with Gasteiger partial charge in [0.25, 0.3) is 5.22 Å². The fourth-order valence-electron chi connectivity index (χ4n) is 2.26. The maximum absolute atomic E-state index is 13.1. The molecule has 1 N–H and O–H groups in total. The monoisotopic (exact) mass is 421 g/mol. The van der Waals surface area contributed by atoms with Gasteiger partial charge in [-0.15, -0.1) is 10.2 Å². The summed E-state index contributed by atoms with van der Waals surface area (Å²) < 4.78 is 24.1. The zero-order chi connectivity index (χ0) is 20.1. The third-order valence-corrected chi connectivity index (χ3v) is 4.90. The van der Waals surface area contributed by atoms with Crippen molar-refractivity contribution in [2.24, 2.45) is 0 Å². The van der Waals surface area contributed by atoms with E-state index in [1.165, 1.54) is 12.1 Å². The van der Waals surface area contributed by atoms with Crippen LogP contribution in [-0.2, 0) is 4.79 Å². The molecule has 146 valence electrons. The molecule has 3 aromatic rings. The van der Waals surface area contributed by atoms with E-state index in [2.05, 4.69) is 15.5 Å². The molecule has 28 heavy (non-hydrogen) atoms. The number of nitrogens with one attached hydrogen (secondary N) is 1. The Bertz CT molecular complexity index is 965. The highest BCUT2D eigenvalue weighted by molar-refractivity contribution is 8.00. The normalized spacial score (nSPS) is 11.9. The van der Waals surface area contributed by atoms with Crippen molar-refractivity contribution in [3.05, 3.63) is 53.3 Å². The van der Waals surface area contributed by atoms with Crippen LogP contribution in [0.4, 0.5) is 10.1 Å². The summed E-state index contributed by atoms with van der Waals surface area (Å²) in [7, 11) is 0. The maximum atomic E-state index is 13.1. The largest absolute Gasteiger partial charge is 0.494 e. The number of rotatable bonds is 7. The number of hydrogen-bond donors (Lipinski definition) is 1. The number of amides is 1. The molecule has 0 saturated heterocycles. The number of nitrogens with zero attached hydrogens (tertiary/aromatic N) is 2. The Hall–Kier alpha value is -2.58. The number of aromatic nitrogens is 2. The van der Waals surface area contributed by atoms with Crippen LogP contribution in [0.1, 0.15) is 13.8 Å². The lowest BCUT2D eigenvalue weighted by atomic mass is 10.2. The molecule has 1 atom stereocenters. The van der Waals surface area contributed by atoms with Gasteiger partial charge in [-0.25, -0.2) is 4.39 Å². The second-order valence-electron chi connectivity index (χ2n) is 5.70. The van der Waals surface area contributed by atoms with E-state index in [1.54, 1.807) is 6.92 Å². The van der Waals surface area contributed by atoms with Crippen LogP contribution in [0.25, 0.3) is 11.5 Å². The molecule has 1 aromatic heterocycles. The average Bonchev–Trinajstić information content (AvgIpc) is 3.13. The van der Waals surface area contributed by atoms with Crippen molar-refractivity contribution >= 4 is 35.0 Å². The Labute approximate surface area is 170 Å². The zero-order valence-electron chi connectivity index (χ0n) is 15.1. The number of halogens is 2. The Morgan fingerprint density at radius 1 is 1.29 bits per heavy atom. The van der Waals surface area contributed by atoms with Crippen LogP contribution in [0.3, 0.4) is 0 Å². The number of carbonyl (C=O) groups is 1. The smallest absolute Gasteiger partial charge is 0.277 e. The van der Waals surface area contributed by atoms with Gasteiger partial charge in [-0.1, -0.05) is 23.4 Å². The predicted octanol–water partition coefficient (Wildman–Crippen LogP) is 5.05. The number of ether oxygens (including phenoxy) is 1. The molecule has 0 spiro atoms. The van der Waals surface area contributed by atoms with Crippen molar-refractivity contribution in [2.45, 2.75) is 24.3 Å². The molecular formula is C19H17ClFN3O3S. The van der Waals surface area contributed by atoms with Crippen molar-refractivity contribution in [3.63, 3.8) is 0 Å². The molecule has 3 rings (SSSR count). The summed E-state index contributed by atoms with van der Waals surface area (Å²) in [6.45, 7) is 4.19. The van der Waals surface area contributed by atoms with Gasteiger partial charge in [-0.2, -0.15) is 0 Å². The van der Waals surface area contributed by atoms with Gasteiger partial charge in [0, 0.05) is 5.56 Å². The molecule has 1 amide bonds. The molecule has 0 radical (unpaired) electrons. The number of benzene rings is 2. The second kappa shape index (κ2) is 9.07. The average molecular weight is 422 g/mol. The van der Waals surface area contributed by atoms with E-state index in [-0.39, 0.29) is 16.2 Å². The van der Waals surface area contributed by atoms with Crippen LogP contribution in [0, 0.1) is 5.82 Å². The topological polar surface area (TPSA) is 77.2 Å². The number of anilines is 1. The Morgan fingerprint density at radius 2 is 2.04 bits per heavy atom. The van der Waals surface area contributed by atoms with Crippen LogP contribution < -0.4 is 10.1 Å². The number of hydrogen-bond acceptors (Lipinski definition) is 6. The van der Waals surface area contributed by atoms with E-state index < -0.39 is 11.1 Å². The molecule has 6 nitrogen and oxygen atoms in total. The van der Waals surface area contributed by atoms with Gasteiger partial charge in [0.1, 0.15) is 11.6 Å². The predicted molar refractivity (Wildman–Crippen MR) is 106 cm³/mol. The van der Waals surface area contributed by atoms with E-state index in [1.807, 2.05) is 31.2 Å². The lowest BCUT2D eigenvalue weighted by Gasteiger charge is -2.11. The Morgan fingerprint density at radius 3 is 2.71 bits per heavy atom. The van der Waals surface area contributed by atoms with Crippen molar-refractivity contribution in [1.29, 1.82) is 0 Å². The van der Waals surface area contributed by atoms with Crippen molar-refractivity contribution in [2.75, 3.05) is 11.9 Å². The molecule has 0 aliphatic carbocycles. The highest BCUT2D eigenvalue weighted by Gasteiger charge is 2.20. The molecule has 0 saturated carbocycles. The highest BCUT2D eigenvalue weighted by atomic mass is 35.5. The number of carbonyl (C=O) groups excluding carboxylic acids is 1. The first-order valence-electron chi connectivity index (χ1n) is 8.45. The van der Waals surface area contributed by atoms with Crippen LogP contribution in [-0.4, -0.2) is 28.0 Å². The first kappa shape index (κ1) is 20.2. The first-order chi connectivity index (χ1) is 13.5. The standard InChI is InChI=1S/C19H17ClFN3O3S/c1-3-26-14-7-4-12(5-8-14)18-23-24-19(27-18)28-11(2)17(25)22-16-9-6-13(21)10-15(16)20/h4-11H,3H2,1-2H3,(H,22,25)/t11-/m1/s1. The summed E-state index contributed by atoms with van der Waals surface area (Å²) in [6.07, 6.45) is 0. The molecule has 2 aromatic carbocycles. The fraction of sp³-hybridized carbons (Fsp3) is 0.211. The van der Waals surface area contributed by atoms with Crippen molar-refractivity contribution in [1.82, 2.24) is 10.2 Å². The van der Waals surface area contributed by atoms with E-state index in [0.29, 0.717) is 18.2 Å². The lowest BCUT2D eigenvalue weighted by molar-refractivity contribution is -0.115. The second-order valence-corrected chi connectivity index (χ2v) is 7.40. The molecule has 0 fully saturated rings. The minimum Gasteiger partial charge on any atom is -0.494 e. The molecule has 0 unspecified atom stereocenters. The molecule has 0 aliphatic rings. The summed E-state index contributed by atoms with van der Waals surface area (Å²) in [5, 5.41) is 10.5. The summed E-state index contributed by atoms with van der Waals surface area (Å²) in [4.78, 5) is 12.3. The maximum Gasteiger partial charge on any atom is 0.277 e. The molecule has 9 heteroatoms. The van der Waals surface area contributed by atoms with Crippen molar-refractivity contribution < 1.29 is 18.3 Å². The minimum absolute atomic E-state index is 0.126. The molecule has 0 aliphatic heterocycles. The first-order valence-corrected chi connectivity index (χ1v) is 9.71. The Balaban J connectivity index is 1.62. The summed E-state index contributed by atoms with van der Waals surface area (Å²) in [5.41, 5.74) is 1.08. The van der Waals surface area contributed by atoms with Crippen LogP contribution in [0.15, 0.2) is 52.1 Å². The Kier molecular flexibility index (Phi) is 6.53. The zero-order valence-corrected chi connectivity index (χ0v) is 16.7. The van der Waals surface area contributed by atoms with Gasteiger partial charge < -0.3 is 14.5 Å². The summed E-state index contributed by atoms with van der Waals surface area (Å²) >= 11 is 7.04. The van der Waals surface area contributed by atoms with Gasteiger partial charge >= 0.3 is 0 Å². The van der Waals surface area contributed by atoms with Crippen LogP contribution in [0.2, 0.25) is 5.02 Å². The van der Waals surface area contributed by atoms with Gasteiger partial charge in [0.15, 0.2) is 0 Å². The summed E-state index contributed by atoms with van der Waals surface area (Å²) in [5.74, 6) is 0.308. The number of thioether (sulfide) groups is 1. The minimum atomic E-state index is -0.533. The quantitative estimate of drug-likeness (QED) is 0.538. The van der Waals surface area contributed by atoms with Crippen LogP contribution >= 0.6 is 23.4 Å². The third-order valence-electron chi connectivity index (χ3n) is 3.65. The summed E-state index contributed by atoms with van der Waals surface area (Å²) in [6, 6.07) is 11.0. The van der Waals surface area contributed by atoms with Gasteiger partial charge in [0.05, 0.1) is 22.6 Å². The van der Waals surface area contributed by atoms with E-state index in [4.69, 9.17) is 20.8 Å². The van der Waals surface area contributed by atoms with Gasteiger partial charge in [-0.05, 0) is 56.3 Å². The van der Waals surface area contributed by atoms with E-state index in [0.717, 1.165) is 29.1 Å². The molecular weight excluding hydrogens is 405 g/mol. The third kappa shape index (κ3) is 5.02. The lowest BCUT2D eigenvalue weighted by Crippen LogP contribution is -2.22. The molecule has 1 heterocycles. The highest BCUT2D eigenvalue weighted by Crippen LogP contribution is 2.29. The fourth-order valence-corrected chi connectivity index (χ4v) is 3.16. The van der Waals surface area contributed by atoms with Crippen LogP contribution in [0.5, 0.6) is 5.75 Å². The van der Waals surface area contributed by atoms with E-state index in [9.17, 15) is 9.18 Å².